The molecule has 5 rings (SSSR count). The summed E-state index contributed by atoms with van der Waals surface area (Å²) in [7, 11) is 0. The number of carbonyl (C=O) groups is 1. The molecule has 0 saturated carbocycles. The van der Waals surface area contributed by atoms with E-state index in [-0.39, 0.29) is 12.1 Å². The predicted octanol–water partition coefficient (Wildman–Crippen LogP) is 2.14. The predicted molar refractivity (Wildman–Crippen MR) is 109 cm³/mol. The van der Waals surface area contributed by atoms with Gasteiger partial charge in [-0.2, -0.15) is 0 Å². The van der Waals surface area contributed by atoms with Crippen LogP contribution < -0.4 is 20.3 Å². The Bertz CT molecular complexity index is 864. The molecule has 1 fully saturated rings. The van der Waals surface area contributed by atoms with Gasteiger partial charge in [-0.05, 0) is 6.07 Å². The molecule has 8 heteroatoms. The fraction of sp³-hybridized carbons (Fsp3) is 0.500. The summed E-state index contributed by atoms with van der Waals surface area (Å²) in [6.07, 6.45) is 1.63. The Balaban J connectivity index is 1.26. The highest BCUT2D eigenvalue weighted by molar-refractivity contribution is 7.15. The molecule has 1 saturated heterocycles. The molecule has 3 aliphatic heterocycles. The number of carbonyl (C=O) groups excluding carboxylic acids is 1. The second-order valence-electron chi connectivity index (χ2n) is 7.45. The Morgan fingerprint density at radius 1 is 1.25 bits per heavy atom. The zero-order valence-corrected chi connectivity index (χ0v) is 16.6. The molecule has 7 nitrogen and oxygen atoms in total. The van der Waals surface area contributed by atoms with Gasteiger partial charge in [-0.1, -0.05) is 29.5 Å². The summed E-state index contributed by atoms with van der Waals surface area (Å²) in [6.45, 7) is 6.01. The Morgan fingerprint density at radius 2 is 2.11 bits per heavy atom. The van der Waals surface area contributed by atoms with Crippen LogP contribution in [0.5, 0.6) is 5.75 Å². The van der Waals surface area contributed by atoms with Crippen LogP contribution in [0.1, 0.15) is 28.6 Å². The minimum Gasteiger partial charge on any atom is -0.493 e. The number of nitrogens with zero attached hydrogens (tertiary/aromatic N) is 3. The first kappa shape index (κ1) is 17.8. The van der Waals surface area contributed by atoms with Crippen molar-refractivity contribution in [3.8, 4) is 5.75 Å². The molecular weight excluding hydrogens is 374 g/mol. The fourth-order valence-corrected chi connectivity index (χ4v) is 5.25. The van der Waals surface area contributed by atoms with Crippen molar-refractivity contribution >= 4 is 22.5 Å². The SMILES string of the molecule is O=C(N[C@H]1CCOc2ccccc21)N1CCc2nc(N3CCNCC3)sc2C1. The van der Waals surface area contributed by atoms with Crippen molar-refractivity contribution in [3.63, 3.8) is 0 Å². The van der Waals surface area contributed by atoms with Crippen molar-refractivity contribution < 1.29 is 9.53 Å². The minimum absolute atomic E-state index is 0.00414. The maximum absolute atomic E-state index is 12.9. The van der Waals surface area contributed by atoms with Crippen LogP contribution in [0.25, 0.3) is 0 Å². The van der Waals surface area contributed by atoms with Gasteiger partial charge in [0.2, 0.25) is 0 Å². The van der Waals surface area contributed by atoms with Gasteiger partial charge < -0.3 is 25.2 Å². The number of rotatable bonds is 2. The number of fused-ring (bicyclic) bond motifs is 2. The maximum Gasteiger partial charge on any atom is 0.318 e. The van der Waals surface area contributed by atoms with Crippen molar-refractivity contribution in [2.24, 2.45) is 0 Å². The van der Waals surface area contributed by atoms with Crippen LogP contribution >= 0.6 is 11.3 Å². The van der Waals surface area contributed by atoms with Crippen LogP contribution in [0, 0.1) is 0 Å². The molecule has 1 aromatic heterocycles. The largest absolute Gasteiger partial charge is 0.493 e. The topological polar surface area (TPSA) is 69.7 Å². The number of ether oxygens (including phenoxy) is 1. The van der Waals surface area contributed by atoms with Crippen LogP contribution in [-0.2, 0) is 13.0 Å². The number of urea groups is 1. The highest BCUT2D eigenvalue weighted by atomic mass is 32.1. The highest BCUT2D eigenvalue weighted by Gasteiger charge is 2.29. The number of aromatic nitrogens is 1. The molecule has 2 aromatic rings. The molecule has 2 amide bonds. The monoisotopic (exact) mass is 399 g/mol. The Morgan fingerprint density at radius 3 is 3.00 bits per heavy atom. The van der Waals surface area contributed by atoms with Gasteiger partial charge in [0.05, 0.1) is 24.9 Å². The Kier molecular flexibility index (Phi) is 4.82. The summed E-state index contributed by atoms with van der Waals surface area (Å²) in [4.78, 5) is 23.3. The molecule has 4 heterocycles. The summed E-state index contributed by atoms with van der Waals surface area (Å²) >= 11 is 1.74. The van der Waals surface area contributed by atoms with Crippen molar-refractivity contribution in [2.75, 3.05) is 44.2 Å². The number of hydrogen-bond donors (Lipinski definition) is 2. The average molecular weight is 400 g/mol. The van der Waals surface area contributed by atoms with Gasteiger partial charge >= 0.3 is 6.03 Å². The fourth-order valence-electron chi connectivity index (χ4n) is 4.08. The maximum atomic E-state index is 12.9. The first-order valence-electron chi connectivity index (χ1n) is 9.99. The number of piperazine rings is 1. The zero-order valence-electron chi connectivity index (χ0n) is 15.8. The third kappa shape index (κ3) is 3.42. The van der Waals surface area contributed by atoms with E-state index in [1.54, 1.807) is 11.3 Å². The van der Waals surface area contributed by atoms with Crippen LogP contribution in [0.4, 0.5) is 9.93 Å². The van der Waals surface area contributed by atoms with Crippen molar-refractivity contribution in [3.05, 3.63) is 40.4 Å². The van der Waals surface area contributed by atoms with Crippen LogP contribution in [-0.4, -0.2) is 55.2 Å². The molecule has 2 N–H and O–H groups in total. The van der Waals surface area contributed by atoms with E-state index in [4.69, 9.17) is 9.72 Å². The summed E-state index contributed by atoms with van der Waals surface area (Å²) < 4.78 is 5.71. The molecule has 0 aliphatic carbocycles. The van der Waals surface area contributed by atoms with Crippen molar-refractivity contribution in [1.82, 2.24) is 20.5 Å². The van der Waals surface area contributed by atoms with Gasteiger partial charge in [-0.15, -0.1) is 0 Å². The Hall–Kier alpha value is -2.32. The first-order chi connectivity index (χ1) is 13.8. The Labute approximate surface area is 168 Å². The van der Waals surface area contributed by atoms with Gasteiger partial charge in [0.15, 0.2) is 5.13 Å². The number of thiazole rings is 1. The van der Waals surface area contributed by atoms with Gasteiger partial charge in [0, 0.05) is 56.0 Å². The molecule has 148 valence electrons. The van der Waals surface area contributed by atoms with E-state index < -0.39 is 0 Å². The second-order valence-corrected chi connectivity index (χ2v) is 8.51. The minimum atomic E-state index is 0.00414. The smallest absolute Gasteiger partial charge is 0.318 e. The third-order valence-electron chi connectivity index (χ3n) is 5.65. The highest BCUT2D eigenvalue weighted by Crippen LogP contribution is 2.33. The first-order valence-corrected chi connectivity index (χ1v) is 10.8. The lowest BCUT2D eigenvalue weighted by molar-refractivity contribution is 0.181. The van der Waals surface area contributed by atoms with Crippen molar-refractivity contribution in [2.45, 2.75) is 25.4 Å². The molecule has 0 radical (unpaired) electrons. The van der Waals surface area contributed by atoms with E-state index in [1.807, 2.05) is 29.2 Å². The molecular formula is C20H25N5O2S. The summed E-state index contributed by atoms with van der Waals surface area (Å²) in [5, 5.41) is 7.70. The normalized spacial score (nSPS) is 21.5. The molecule has 28 heavy (non-hydrogen) atoms. The summed E-state index contributed by atoms with van der Waals surface area (Å²) in [5.41, 5.74) is 2.23. The quantitative estimate of drug-likeness (QED) is 0.810. The standard InChI is InChI=1S/C20H25N5O2S/c26-19(22-15-6-12-27-17-4-2-1-3-14(15)17)25-9-5-16-18(13-25)28-20(23-16)24-10-7-21-8-11-24/h1-4,15,21H,5-13H2,(H,22,26)/t15-/m0/s1. The lowest BCUT2D eigenvalue weighted by Gasteiger charge is -2.31. The van der Waals surface area contributed by atoms with Crippen LogP contribution in [0.2, 0.25) is 0 Å². The third-order valence-corrected chi connectivity index (χ3v) is 6.79. The lowest BCUT2D eigenvalue weighted by Crippen LogP contribution is -2.44. The molecule has 1 aromatic carbocycles. The van der Waals surface area contributed by atoms with E-state index >= 15 is 0 Å². The molecule has 0 unspecified atom stereocenters. The van der Waals surface area contributed by atoms with Crippen molar-refractivity contribution in [1.29, 1.82) is 0 Å². The number of nitrogens with one attached hydrogen (secondary N) is 2. The molecule has 0 bridgehead atoms. The van der Waals surface area contributed by atoms with Gasteiger partial charge in [0.25, 0.3) is 0 Å². The number of para-hydroxylation sites is 1. The number of anilines is 1. The second kappa shape index (κ2) is 7.60. The lowest BCUT2D eigenvalue weighted by atomic mass is 10.0. The zero-order chi connectivity index (χ0) is 18.9. The molecule has 1 atom stereocenters. The van der Waals surface area contributed by atoms with Gasteiger partial charge in [0.1, 0.15) is 5.75 Å². The van der Waals surface area contributed by atoms with Gasteiger partial charge in [-0.3, -0.25) is 0 Å². The van der Waals surface area contributed by atoms with E-state index in [9.17, 15) is 4.79 Å². The van der Waals surface area contributed by atoms with Crippen LogP contribution in [0.15, 0.2) is 24.3 Å². The van der Waals surface area contributed by atoms with E-state index in [0.717, 1.165) is 55.5 Å². The molecule has 0 spiro atoms. The summed E-state index contributed by atoms with van der Waals surface area (Å²) in [5.74, 6) is 0.878. The van der Waals surface area contributed by atoms with Gasteiger partial charge in [-0.25, -0.2) is 9.78 Å². The van der Waals surface area contributed by atoms with Crippen LogP contribution in [0.3, 0.4) is 0 Å². The number of hydrogen-bond acceptors (Lipinski definition) is 6. The number of amides is 2. The van der Waals surface area contributed by atoms with E-state index in [0.29, 0.717) is 19.7 Å². The summed E-state index contributed by atoms with van der Waals surface area (Å²) in [6, 6.07) is 7.98. The van der Waals surface area contributed by atoms with E-state index in [1.165, 1.54) is 10.6 Å². The average Bonchev–Trinajstić information content (AvgIpc) is 3.18. The van der Waals surface area contributed by atoms with E-state index in [2.05, 4.69) is 15.5 Å². The molecule has 3 aliphatic rings. The number of benzene rings is 1.